The number of aryl methyl sites for hydroxylation is 2. The molecule has 2 heterocycles. The Labute approximate surface area is 259 Å². The van der Waals surface area contributed by atoms with E-state index in [2.05, 4.69) is 31.0 Å². The second-order valence-electron chi connectivity index (χ2n) is 8.91. The number of amides is 2. The highest BCUT2D eigenvalue weighted by molar-refractivity contribution is 8.00. The molecule has 4 rings (SSSR count). The maximum Gasteiger partial charge on any atom is 0.295 e. The van der Waals surface area contributed by atoms with E-state index in [4.69, 9.17) is 0 Å². The molecular weight excluding hydrogens is 657 g/mol. The van der Waals surface area contributed by atoms with Crippen molar-refractivity contribution in [1.29, 1.82) is 0 Å². The minimum Gasteiger partial charge on any atom is -0.325 e. The van der Waals surface area contributed by atoms with Gasteiger partial charge in [0.15, 0.2) is 10.3 Å². The topological polar surface area (TPSA) is 228 Å². The highest BCUT2D eigenvalue weighted by Gasteiger charge is 2.19. The normalized spacial score (nSPS) is 12.0. The van der Waals surface area contributed by atoms with E-state index in [0.29, 0.717) is 10.3 Å². The van der Waals surface area contributed by atoms with Crippen LogP contribution in [0.5, 0.6) is 0 Å². The Hall–Kier alpha value is -4.08. The van der Waals surface area contributed by atoms with Gasteiger partial charge < -0.3 is 19.8 Å². The third kappa shape index (κ3) is 8.74. The van der Waals surface area contributed by atoms with Crippen molar-refractivity contribution in [3.8, 4) is 0 Å². The number of carbonyl (C=O) groups is 2. The summed E-state index contributed by atoms with van der Waals surface area (Å²) in [5.74, 6) is -1.05. The zero-order valence-corrected chi connectivity index (χ0v) is 26.1. The lowest BCUT2D eigenvalue weighted by Gasteiger charge is -2.10. The molecule has 16 nitrogen and oxygen atoms in total. The third-order valence-electron chi connectivity index (χ3n) is 5.60. The fraction of sp³-hybridized carbons (Fsp3) is 0.167. The summed E-state index contributed by atoms with van der Waals surface area (Å²) in [5, 5.41) is 21.2. The van der Waals surface area contributed by atoms with Crippen LogP contribution in [0.15, 0.2) is 69.2 Å². The van der Waals surface area contributed by atoms with Crippen LogP contribution < -0.4 is 10.6 Å². The maximum atomic E-state index is 12.4. The van der Waals surface area contributed by atoms with Crippen molar-refractivity contribution < 1.29 is 35.5 Å². The Kier molecular flexibility index (Phi) is 10.2. The number of nitrogens with one attached hydrogen (secondary N) is 2. The summed E-state index contributed by atoms with van der Waals surface area (Å²) >= 11 is 2.22. The summed E-state index contributed by atoms with van der Waals surface area (Å²) in [6, 6.07) is 7.45. The van der Waals surface area contributed by atoms with Crippen molar-refractivity contribution >= 4 is 79.1 Å². The molecule has 0 saturated carbocycles. The van der Waals surface area contributed by atoms with Crippen LogP contribution in [0.2, 0.25) is 0 Å². The number of anilines is 2. The van der Waals surface area contributed by atoms with Crippen molar-refractivity contribution in [2.24, 2.45) is 14.1 Å². The van der Waals surface area contributed by atoms with Crippen molar-refractivity contribution in [3.63, 3.8) is 0 Å². The summed E-state index contributed by atoms with van der Waals surface area (Å²) < 4.78 is 71.5. The molecule has 0 aliphatic carbocycles. The van der Waals surface area contributed by atoms with Crippen molar-refractivity contribution in [2.75, 3.05) is 22.1 Å². The van der Waals surface area contributed by atoms with Crippen LogP contribution in [0.4, 0.5) is 11.4 Å². The summed E-state index contributed by atoms with van der Waals surface area (Å²) in [6.45, 7) is 0. The Balaban J connectivity index is 1.51. The third-order valence-corrected chi connectivity index (χ3v) is 9.48. The van der Waals surface area contributed by atoms with Crippen LogP contribution >= 0.6 is 23.5 Å². The molecule has 4 aromatic rings. The lowest BCUT2D eigenvalue weighted by Crippen LogP contribution is -2.15. The number of aromatic nitrogens is 6. The Morgan fingerprint density at radius 2 is 1.14 bits per heavy atom. The van der Waals surface area contributed by atoms with E-state index in [0.717, 1.165) is 35.7 Å². The number of nitrogens with zero attached hydrogens (tertiary/aromatic N) is 6. The molecule has 0 bridgehead atoms. The van der Waals surface area contributed by atoms with Gasteiger partial charge in [0.05, 0.1) is 11.5 Å². The van der Waals surface area contributed by atoms with Gasteiger partial charge in [0, 0.05) is 25.5 Å². The lowest BCUT2D eigenvalue weighted by molar-refractivity contribution is -0.114. The number of benzene rings is 2. The summed E-state index contributed by atoms with van der Waals surface area (Å²) in [6.07, 6.45) is 5.36. The fourth-order valence-electron chi connectivity index (χ4n) is 3.59. The largest absolute Gasteiger partial charge is 0.325 e. The van der Waals surface area contributed by atoms with Gasteiger partial charge in [0.25, 0.3) is 20.2 Å². The average molecular weight is 681 g/mol. The molecular formula is C24H24N8O8S4. The first-order valence-electron chi connectivity index (χ1n) is 12.1. The van der Waals surface area contributed by atoms with E-state index in [1.807, 2.05) is 0 Å². The quantitative estimate of drug-likeness (QED) is 0.0954. The van der Waals surface area contributed by atoms with Crippen molar-refractivity contribution in [3.05, 3.63) is 60.2 Å². The first-order valence-corrected chi connectivity index (χ1v) is 17.0. The summed E-state index contributed by atoms with van der Waals surface area (Å²) in [7, 11) is -6.16. The number of hydrogen-bond acceptors (Lipinski definition) is 12. The van der Waals surface area contributed by atoms with Gasteiger partial charge in [-0.15, -0.1) is 20.4 Å². The first-order chi connectivity index (χ1) is 20.7. The molecule has 0 fully saturated rings. The van der Waals surface area contributed by atoms with Crippen LogP contribution in [-0.2, 0) is 43.9 Å². The molecule has 20 heteroatoms. The number of rotatable bonds is 12. The minimum atomic E-state index is -4.79. The average Bonchev–Trinajstić information content (AvgIpc) is 3.56. The van der Waals surface area contributed by atoms with Gasteiger partial charge in [-0.3, -0.25) is 18.7 Å². The molecule has 0 aliphatic rings. The molecule has 0 aliphatic heterocycles. The van der Waals surface area contributed by atoms with E-state index in [1.54, 1.807) is 23.2 Å². The summed E-state index contributed by atoms with van der Waals surface area (Å²) in [5.41, 5.74) is 0.0700. The molecule has 0 unspecified atom stereocenters. The number of carbonyl (C=O) groups excluding carboxylic acids is 2. The molecule has 0 spiro atoms. The van der Waals surface area contributed by atoms with Gasteiger partial charge in [0.1, 0.15) is 22.4 Å². The van der Waals surface area contributed by atoms with Gasteiger partial charge in [-0.25, -0.2) is 0 Å². The van der Waals surface area contributed by atoms with E-state index in [1.165, 1.54) is 49.1 Å². The van der Waals surface area contributed by atoms with E-state index < -0.39 is 41.8 Å². The monoisotopic (exact) mass is 680 g/mol. The van der Waals surface area contributed by atoms with Gasteiger partial charge >= 0.3 is 0 Å². The second-order valence-corrected chi connectivity index (χ2v) is 13.6. The lowest BCUT2D eigenvalue weighted by atomic mass is 10.1. The minimum absolute atomic E-state index is 0.0431. The highest BCUT2D eigenvalue weighted by atomic mass is 32.2. The zero-order valence-electron chi connectivity index (χ0n) is 22.8. The maximum absolute atomic E-state index is 12.4. The second kappa shape index (κ2) is 13.7. The van der Waals surface area contributed by atoms with Gasteiger partial charge in [-0.2, -0.15) is 16.8 Å². The smallest absolute Gasteiger partial charge is 0.295 e. The molecule has 44 heavy (non-hydrogen) atoms. The molecule has 232 valence electrons. The molecule has 0 saturated heterocycles. The molecule has 4 N–H and O–H groups in total. The molecule has 2 aromatic carbocycles. The fourth-order valence-corrected chi connectivity index (χ4v) is 6.38. The SMILES string of the molecule is Cn1cnnc1SCC(=O)Nc1ccc(/C=C/c2ccc(NC(=O)CSc3nncn3C)cc2S(=O)(=O)O)c(S(=O)(=O)O)c1. The number of thioether (sulfide) groups is 2. The molecule has 0 atom stereocenters. The molecule has 2 amide bonds. The molecule has 2 aromatic heterocycles. The van der Waals surface area contributed by atoms with Gasteiger partial charge in [-0.1, -0.05) is 47.8 Å². The van der Waals surface area contributed by atoms with Gasteiger partial charge in [-0.05, 0) is 35.4 Å². The standard InChI is InChI=1S/C24H24N8O8S4/c1-31-13-25-29-23(31)41-11-21(33)27-17-7-5-15(19(9-17)43(35,36)37)3-4-16-6-8-18(10-20(16)44(38,39)40)28-22(34)12-42-24-30-26-14-32(24)2/h3-10,13-14H,11-12H2,1-2H3,(H,27,33)(H,28,34)(H,35,36,37)(H,38,39,40)/b4-3+. The van der Waals surface area contributed by atoms with Crippen LogP contribution in [0.1, 0.15) is 11.1 Å². The van der Waals surface area contributed by atoms with Crippen LogP contribution in [0.25, 0.3) is 12.2 Å². The first kappa shape index (κ1) is 32.8. The van der Waals surface area contributed by atoms with E-state index in [-0.39, 0.29) is 34.0 Å². The van der Waals surface area contributed by atoms with E-state index in [9.17, 15) is 35.5 Å². The number of hydrogen-bond donors (Lipinski definition) is 4. The summed E-state index contributed by atoms with van der Waals surface area (Å²) in [4.78, 5) is 23.6. The molecule has 0 radical (unpaired) electrons. The van der Waals surface area contributed by atoms with Crippen molar-refractivity contribution in [2.45, 2.75) is 20.1 Å². The van der Waals surface area contributed by atoms with E-state index >= 15 is 0 Å². The van der Waals surface area contributed by atoms with Crippen molar-refractivity contribution in [1.82, 2.24) is 29.5 Å². The highest BCUT2D eigenvalue weighted by Crippen LogP contribution is 2.27. The van der Waals surface area contributed by atoms with Crippen LogP contribution in [0, 0.1) is 0 Å². The zero-order chi connectivity index (χ0) is 32.1. The van der Waals surface area contributed by atoms with Crippen LogP contribution in [0.3, 0.4) is 0 Å². The van der Waals surface area contributed by atoms with Gasteiger partial charge in [0.2, 0.25) is 11.8 Å². The Morgan fingerprint density at radius 1 is 0.750 bits per heavy atom. The Morgan fingerprint density at radius 3 is 1.45 bits per heavy atom. The predicted molar refractivity (Wildman–Crippen MR) is 162 cm³/mol. The van der Waals surface area contributed by atoms with Crippen LogP contribution in [-0.4, -0.2) is 78.8 Å². The Bertz CT molecular complexity index is 1820. The predicted octanol–water partition coefficient (Wildman–Crippen LogP) is 2.07.